The van der Waals surface area contributed by atoms with Crippen LogP contribution < -0.4 is 10.5 Å². The number of aromatic nitrogens is 2. The molecular formula is C10H14ClN3O2. The van der Waals surface area contributed by atoms with E-state index in [0.717, 1.165) is 19.5 Å². The van der Waals surface area contributed by atoms with E-state index in [4.69, 9.17) is 16.7 Å². The first-order chi connectivity index (χ1) is 7.63. The van der Waals surface area contributed by atoms with E-state index in [1.807, 2.05) is 4.90 Å². The van der Waals surface area contributed by atoms with Crippen molar-refractivity contribution in [3.63, 3.8) is 0 Å². The molecule has 2 heterocycles. The molecule has 1 atom stereocenters. The molecule has 2 rings (SSSR count). The Kier molecular flexibility index (Phi) is 3.16. The van der Waals surface area contributed by atoms with Crippen molar-refractivity contribution < 1.29 is 5.11 Å². The van der Waals surface area contributed by atoms with Crippen molar-refractivity contribution in [2.75, 3.05) is 24.6 Å². The van der Waals surface area contributed by atoms with Crippen LogP contribution in [0.3, 0.4) is 0 Å². The van der Waals surface area contributed by atoms with Gasteiger partial charge in [-0.1, -0.05) is 11.6 Å². The van der Waals surface area contributed by atoms with E-state index >= 15 is 0 Å². The number of rotatable bonds is 2. The summed E-state index contributed by atoms with van der Waals surface area (Å²) in [5.74, 6) is 0.264. The quantitative estimate of drug-likeness (QED) is 0.809. The van der Waals surface area contributed by atoms with Crippen LogP contribution in [-0.2, 0) is 7.05 Å². The lowest BCUT2D eigenvalue weighted by Crippen LogP contribution is -2.27. The van der Waals surface area contributed by atoms with Crippen molar-refractivity contribution in [2.45, 2.75) is 6.42 Å². The van der Waals surface area contributed by atoms with Crippen molar-refractivity contribution in [1.29, 1.82) is 0 Å². The third kappa shape index (κ3) is 1.92. The highest BCUT2D eigenvalue weighted by molar-refractivity contribution is 6.33. The molecule has 6 heteroatoms. The van der Waals surface area contributed by atoms with Crippen LogP contribution >= 0.6 is 11.6 Å². The molecule has 0 bridgehead atoms. The minimum absolute atomic E-state index is 0.173. The molecule has 0 aromatic carbocycles. The molecule has 0 unspecified atom stereocenters. The van der Waals surface area contributed by atoms with Crippen LogP contribution in [0.15, 0.2) is 11.0 Å². The minimum Gasteiger partial charge on any atom is -0.396 e. The van der Waals surface area contributed by atoms with Gasteiger partial charge >= 0.3 is 0 Å². The Labute approximate surface area is 98.3 Å². The van der Waals surface area contributed by atoms with Crippen LogP contribution in [0.1, 0.15) is 6.42 Å². The standard InChI is InChI=1S/C10H14ClN3O2/c1-13-10(16)9(11)8(4-12-13)14-3-2-7(5-14)6-15/h4,7,15H,2-3,5-6H2,1H3/t7-/m1/s1. The zero-order valence-corrected chi connectivity index (χ0v) is 9.81. The molecule has 88 valence electrons. The maximum atomic E-state index is 11.6. The van der Waals surface area contributed by atoms with Gasteiger partial charge in [0.15, 0.2) is 0 Å². The van der Waals surface area contributed by atoms with E-state index in [2.05, 4.69) is 5.10 Å². The lowest BCUT2D eigenvalue weighted by molar-refractivity contribution is 0.238. The van der Waals surface area contributed by atoms with E-state index in [9.17, 15) is 4.79 Å². The van der Waals surface area contributed by atoms with E-state index in [-0.39, 0.29) is 23.1 Å². The summed E-state index contributed by atoms with van der Waals surface area (Å²) < 4.78 is 1.21. The average Bonchev–Trinajstić information content (AvgIpc) is 2.74. The van der Waals surface area contributed by atoms with Gasteiger partial charge in [-0.2, -0.15) is 5.10 Å². The molecule has 1 N–H and O–H groups in total. The Balaban J connectivity index is 2.29. The van der Waals surface area contributed by atoms with Crippen LogP contribution in [-0.4, -0.2) is 34.6 Å². The second-order valence-electron chi connectivity index (χ2n) is 4.06. The summed E-state index contributed by atoms with van der Waals surface area (Å²) in [4.78, 5) is 13.6. The van der Waals surface area contributed by atoms with E-state index < -0.39 is 0 Å². The average molecular weight is 244 g/mol. The number of hydrogen-bond acceptors (Lipinski definition) is 4. The van der Waals surface area contributed by atoms with Gasteiger partial charge in [0.05, 0.1) is 11.9 Å². The fraction of sp³-hybridized carbons (Fsp3) is 0.600. The molecule has 0 saturated carbocycles. The summed E-state index contributed by atoms with van der Waals surface area (Å²) in [5, 5.41) is 13.2. The number of anilines is 1. The van der Waals surface area contributed by atoms with Crippen LogP contribution in [0.5, 0.6) is 0 Å². The summed E-state index contributed by atoms with van der Waals surface area (Å²) in [5.41, 5.74) is 0.382. The highest BCUT2D eigenvalue weighted by Crippen LogP contribution is 2.26. The molecule has 0 amide bonds. The molecule has 16 heavy (non-hydrogen) atoms. The van der Waals surface area contributed by atoms with Gasteiger partial charge in [-0.3, -0.25) is 4.79 Å². The molecule has 0 aliphatic carbocycles. The van der Waals surface area contributed by atoms with E-state index in [0.29, 0.717) is 5.69 Å². The lowest BCUT2D eigenvalue weighted by Gasteiger charge is -2.19. The Morgan fingerprint density at radius 3 is 3.06 bits per heavy atom. The van der Waals surface area contributed by atoms with Gasteiger partial charge in [-0.05, 0) is 6.42 Å². The Morgan fingerprint density at radius 2 is 2.44 bits per heavy atom. The van der Waals surface area contributed by atoms with Crippen molar-refractivity contribution in [3.05, 3.63) is 21.6 Å². The van der Waals surface area contributed by atoms with Gasteiger partial charge in [0, 0.05) is 32.7 Å². The third-order valence-corrected chi connectivity index (χ3v) is 3.30. The van der Waals surface area contributed by atoms with Gasteiger partial charge in [0.25, 0.3) is 5.56 Å². The maximum absolute atomic E-state index is 11.6. The zero-order valence-electron chi connectivity index (χ0n) is 9.06. The molecule has 1 aliphatic rings. The smallest absolute Gasteiger partial charge is 0.287 e. The van der Waals surface area contributed by atoms with Gasteiger partial charge in [0.1, 0.15) is 5.02 Å². The van der Waals surface area contributed by atoms with Gasteiger partial charge in [0.2, 0.25) is 0 Å². The summed E-state index contributed by atoms with van der Waals surface area (Å²) in [6.07, 6.45) is 2.52. The summed E-state index contributed by atoms with van der Waals surface area (Å²) in [6.45, 7) is 1.71. The molecule has 1 aliphatic heterocycles. The fourth-order valence-electron chi connectivity index (χ4n) is 1.92. The lowest BCUT2D eigenvalue weighted by atomic mass is 10.1. The first-order valence-corrected chi connectivity index (χ1v) is 5.59. The monoisotopic (exact) mass is 243 g/mol. The van der Waals surface area contributed by atoms with Gasteiger partial charge in [-0.15, -0.1) is 0 Å². The molecule has 1 aromatic rings. The van der Waals surface area contributed by atoms with Gasteiger partial charge in [-0.25, -0.2) is 4.68 Å². The highest BCUT2D eigenvalue weighted by atomic mass is 35.5. The molecule has 0 spiro atoms. The Morgan fingerprint density at radius 1 is 1.69 bits per heavy atom. The van der Waals surface area contributed by atoms with E-state index in [1.54, 1.807) is 13.2 Å². The second-order valence-corrected chi connectivity index (χ2v) is 4.43. The predicted octanol–water partition coefficient (Wildman–Crippen LogP) is 0.252. The topological polar surface area (TPSA) is 58.4 Å². The summed E-state index contributed by atoms with van der Waals surface area (Å²) >= 11 is 5.99. The number of aliphatic hydroxyl groups excluding tert-OH is 1. The second kappa shape index (κ2) is 4.43. The largest absolute Gasteiger partial charge is 0.396 e. The van der Waals surface area contributed by atoms with Crippen LogP contribution in [0, 0.1) is 5.92 Å². The fourth-order valence-corrected chi connectivity index (χ4v) is 2.21. The maximum Gasteiger partial charge on any atom is 0.287 e. The number of aliphatic hydroxyl groups is 1. The first-order valence-electron chi connectivity index (χ1n) is 5.21. The number of nitrogens with zero attached hydrogens (tertiary/aromatic N) is 3. The zero-order chi connectivity index (χ0) is 11.7. The van der Waals surface area contributed by atoms with Crippen LogP contribution in [0.25, 0.3) is 0 Å². The molecule has 5 nitrogen and oxygen atoms in total. The highest BCUT2D eigenvalue weighted by Gasteiger charge is 2.24. The molecule has 1 fully saturated rings. The number of hydrogen-bond donors (Lipinski definition) is 1. The van der Waals surface area contributed by atoms with Crippen LogP contribution in [0.4, 0.5) is 5.69 Å². The molecule has 1 saturated heterocycles. The molecule has 0 radical (unpaired) electrons. The van der Waals surface area contributed by atoms with Crippen molar-refractivity contribution in [1.82, 2.24) is 9.78 Å². The van der Waals surface area contributed by atoms with Crippen LogP contribution in [0.2, 0.25) is 5.02 Å². The Hall–Kier alpha value is -1.07. The predicted molar refractivity (Wildman–Crippen MR) is 61.9 cm³/mol. The number of halogens is 1. The SMILES string of the molecule is Cn1ncc(N2CC[C@@H](CO)C2)c(Cl)c1=O. The normalized spacial score (nSPS) is 20.4. The molecular weight excluding hydrogens is 230 g/mol. The molecule has 1 aromatic heterocycles. The van der Waals surface area contributed by atoms with E-state index in [1.165, 1.54) is 4.68 Å². The van der Waals surface area contributed by atoms with Crippen molar-refractivity contribution >= 4 is 17.3 Å². The summed E-state index contributed by atoms with van der Waals surface area (Å²) in [6, 6.07) is 0. The number of aryl methyl sites for hydroxylation is 1. The summed E-state index contributed by atoms with van der Waals surface area (Å²) in [7, 11) is 1.57. The van der Waals surface area contributed by atoms with Gasteiger partial charge < -0.3 is 10.0 Å². The van der Waals surface area contributed by atoms with Crippen molar-refractivity contribution in [3.8, 4) is 0 Å². The van der Waals surface area contributed by atoms with Crippen molar-refractivity contribution in [2.24, 2.45) is 13.0 Å². The first kappa shape index (κ1) is 11.4. The Bertz CT molecular complexity index is 446. The third-order valence-electron chi connectivity index (χ3n) is 2.94. The minimum atomic E-state index is -0.286.